The maximum atomic E-state index is 13.6. The van der Waals surface area contributed by atoms with Gasteiger partial charge in [0, 0.05) is 11.3 Å². The van der Waals surface area contributed by atoms with E-state index in [0.717, 1.165) is 22.3 Å². The molecular weight excluding hydrogens is 320 g/mol. The van der Waals surface area contributed by atoms with Gasteiger partial charge in [0.2, 0.25) is 0 Å². The maximum absolute atomic E-state index is 13.6. The summed E-state index contributed by atoms with van der Waals surface area (Å²) < 4.78 is 0. The van der Waals surface area contributed by atoms with E-state index in [-0.39, 0.29) is 17.5 Å². The van der Waals surface area contributed by atoms with Gasteiger partial charge < -0.3 is 0 Å². The molecule has 2 aromatic carbocycles. The van der Waals surface area contributed by atoms with Gasteiger partial charge in [-0.1, -0.05) is 87.4 Å². The summed E-state index contributed by atoms with van der Waals surface area (Å²) in [4.78, 5) is 27.0. The number of hydrogen-bond acceptors (Lipinski definition) is 2. The van der Waals surface area contributed by atoms with E-state index >= 15 is 0 Å². The molecule has 2 rings (SSSR count). The van der Waals surface area contributed by atoms with Crippen LogP contribution in [-0.2, 0) is 15.0 Å². The third-order valence-electron chi connectivity index (χ3n) is 5.23. The molecule has 138 valence electrons. The van der Waals surface area contributed by atoms with Gasteiger partial charge in [-0.3, -0.25) is 9.59 Å². The fraction of sp³-hybridized carbons (Fsp3) is 0.417. The minimum Gasteiger partial charge on any atom is -0.298 e. The molecule has 0 aliphatic heterocycles. The van der Waals surface area contributed by atoms with Crippen LogP contribution in [0.25, 0.3) is 0 Å². The number of aryl methyl sites for hydroxylation is 2. The Balaban J connectivity index is 2.56. The predicted octanol–water partition coefficient (Wildman–Crippen LogP) is 5.55. The fourth-order valence-corrected chi connectivity index (χ4v) is 3.46. The van der Waals surface area contributed by atoms with Crippen molar-refractivity contribution in [1.82, 2.24) is 0 Å². The van der Waals surface area contributed by atoms with Crippen LogP contribution < -0.4 is 0 Å². The highest BCUT2D eigenvalue weighted by Crippen LogP contribution is 2.38. The Morgan fingerprint density at radius 1 is 0.769 bits per heavy atom. The molecular formula is C24H30O2. The van der Waals surface area contributed by atoms with Crippen molar-refractivity contribution in [2.45, 2.75) is 59.8 Å². The molecule has 26 heavy (non-hydrogen) atoms. The van der Waals surface area contributed by atoms with Gasteiger partial charge >= 0.3 is 0 Å². The Hall–Kier alpha value is -2.22. The molecule has 2 unspecified atom stereocenters. The molecule has 2 nitrogen and oxygen atoms in total. The lowest BCUT2D eigenvalue weighted by Crippen LogP contribution is -2.48. The van der Waals surface area contributed by atoms with Crippen LogP contribution in [0.1, 0.15) is 62.8 Å². The zero-order valence-electron chi connectivity index (χ0n) is 17.0. The van der Waals surface area contributed by atoms with Gasteiger partial charge in [0.15, 0.2) is 11.6 Å². The summed E-state index contributed by atoms with van der Waals surface area (Å²) in [5.41, 5.74) is 2.20. The Labute approximate surface area is 157 Å². The zero-order valence-corrected chi connectivity index (χ0v) is 17.0. The molecule has 0 aromatic heterocycles. The molecule has 0 amide bonds. The average molecular weight is 351 g/mol. The molecule has 0 heterocycles. The second-order valence-corrected chi connectivity index (χ2v) is 8.57. The van der Waals surface area contributed by atoms with E-state index in [1.54, 1.807) is 6.92 Å². The van der Waals surface area contributed by atoms with E-state index in [4.69, 9.17) is 0 Å². The lowest BCUT2D eigenvalue weighted by Gasteiger charge is -2.35. The van der Waals surface area contributed by atoms with Crippen molar-refractivity contribution in [3.63, 3.8) is 0 Å². The highest BCUT2D eigenvalue weighted by molar-refractivity contribution is 6.15. The average Bonchev–Trinajstić information content (AvgIpc) is 2.59. The lowest BCUT2D eigenvalue weighted by molar-refractivity contribution is -0.140. The van der Waals surface area contributed by atoms with E-state index in [2.05, 4.69) is 0 Å². The number of rotatable bonds is 5. The van der Waals surface area contributed by atoms with Gasteiger partial charge in [0.25, 0.3) is 0 Å². The molecule has 0 saturated carbocycles. The Morgan fingerprint density at radius 2 is 1.19 bits per heavy atom. The van der Waals surface area contributed by atoms with Crippen molar-refractivity contribution in [3.05, 3.63) is 70.8 Å². The monoisotopic (exact) mass is 350 g/mol. The summed E-state index contributed by atoms with van der Waals surface area (Å²) in [6.45, 7) is 13.4. The number of carbonyl (C=O) groups is 2. The summed E-state index contributed by atoms with van der Waals surface area (Å²) in [5.74, 6) is -0.448. The van der Waals surface area contributed by atoms with Crippen molar-refractivity contribution in [2.75, 3.05) is 0 Å². The van der Waals surface area contributed by atoms with E-state index in [0.29, 0.717) is 0 Å². The Bertz CT molecular complexity index is 792. The summed E-state index contributed by atoms with van der Waals surface area (Å²) in [7, 11) is 0. The Morgan fingerprint density at radius 3 is 1.62 bits per heavy atom. The quantitative estimate of drug-likeness (QED) is 0.663. The van der Waals surface area contributed by atoms with Crippen molar-refractivity contribution in [1.29, 1.82) is 0 Å². The third kappa shape index (κ3) is 3.80. The first kappa shape index (κ1) is 20.1. The first-order valence-electron chi connectivity index (χ1n) is 9.21. The largest absolute Gasteiger partial charge is 0.298 e. The SMILES string of the molecule is Cc1ccc(C(C)C(=O)C(C)(C(=O)C(C)(C)C)c2ccc(C)cc2)cc1. The molecule has 0 radical (unpaired) electrons. The van der Waals surface area contributed by atoms with Crippen LogP contribution in [-0.4, -0.2) is 11.6 Å². The van der Waals surface area contributed by atoms with E-state index in [1.807, 2.05) is 90.1 Å². The van der Waals surface area contributed by atoms with Gasteiger partial charge in [-0.2, -0.15) is 0 Å². The topological polar surface area (TPSA) is 34.1 Å². The summed E-state index contributed by atoms with van der Waals surface area (Å²) in [6.07, 6.45) is 0. The van der Waals surface area contributed by atoms with Gasteiger partial charge in [-0.25, -0.2) is 0 Å². The van der Waals surface area contributed by atoms with E-state index < -0.39 is 10.8 Å². The second-order valence-electron chi connectivity index (χ2n) is 8.57. The number of carbonyl (C=O) groups excluding carboxylic acids is 2. The minimum absolute atomic E-state index is 0.0437. The van der Waals surface area contributed by atoms with Gasteiger partial charge in [0.05, 0.1) is 0 Å². The first-order chi connectivity index (χ1) is 12.0. The van der Waals surface area contributed by atoms with Gasteiger partial charge in [-0.15, -0.1) is 0 Å². The first-order valence-corrected chi connectivity index (χ1v) is 9.21. The second kappa shape index (κ2) is 7.19. The van der Waals surface area contributed by atoms with Crippen molar-refractivity contribution < 1.29 is 9.59 Å². The van der Waals surface area contributed by atoms with Crippen LogP contribution in [0, 0.1) is 19.3 Å². The van der Waals surface area contributed by atoms with Crippen LogP contribution in [0.3, 0.4) is 0 Å². The molecule has 0 fully saturated rings. The minimum atomic E-state index is -1.17. The molecule has 2 heteroatoms. The molecule has 0 N–H and O–H groups in total. The molecule has 0 aliphatic rings. The van der Waals surface area contributed by atoms with Crippen molar-refractivity contribution in [3.8, 4) is 0 Å². The van der Waals surface area contributed by atoms with Crippen LogP contribution >= 0.6 is 0 Å². The standard InChI is InChI=1S/C24H30O2/c1-16-8-12-19(13-9-16)18(3)21(25)24(7,22(26)23(4,5)6)20-14-10-17(2)11-15-20/h8-15,18H,1-7H3. The normalized spacial score (nSPS) is 15.2. The molecule has 0 spiro atoms. The summed E-state index contributed by atoms with van der Waals surface area (Å²) in [6, 6.07) is 15.7. The zero-order chi connectivity index (χ0) is 19.7. The lowest BCUT2D eigenvalue weighted by atomic mass is 9.64. The van der Waals surface area contributed by atoms with Crippen LogP contribution in [0.5, 0.6) is 0 Å². The Kier molecular flexibility index (Phi) is 5.55. The van der Waals surface area contributed by atoms with Crippen LogP contribution in [0.15, 0.2) is 48.5 Å². The highest BCUT2D eigenvalue weighted by atomic mass is 16.2. The number of ketones is 2. The molecule has 0 bridgehead atoms. The third-order valence-corrected chi connectivity index (χ3v) is 5.23. The van der Waals surface area contributed by atoms with Crippen LogP contribution in [0.4, 0.5) is 0 Å². The highest BCUT2D eigenvalue weighted by Gasteiger charge is 2.48. The smallest absolute Gasteiger partial charge is 0.157 e. The van der Waals surface area contributed by atoms with Crippen LogP contribution in [0.2, 0.25) is 0 Å². The fourth-order valence-electron chi connectivity index (χ4n) is 3.46. The number of Topliss-reactive ketones (excluding diaryl/α,β-unsaturated/α-hetero) is 2. The van der Waals surface area contributed by atoms with E-state index in [9.17, 15) is 9.59 Å². The van der Waals surface area contributed by atoms with E-state index in [1.165, 1.54) is 0 Å². The molecule has 2 aromatic rings. The predicted molar refractivity (Wildman–Crippen MR) is 108 cm³/mol. The summed E-state index contributed by atoms with van der Waals surface area (Å²) >= 11 is 0. The van der Waals surface area contributed by atoms with Crippen molar-refractivity contribution >= 4 is 11.6 Å². The summed E-state index contributed by atoms with van der Waals surface area (Å²) in [5, 5.41) is 0. The number of benzene rings is 2. The number of hydrogen-bond donors (Lipinski definition) is 0. The van der Waals surface area contributed by atoms with Gasteiger partial charge in [0.1, 0.15) is 5.41 Å². The van der Waals surface area contributed by atoms with Gasteiger partial charge in [-0.05, 0) is 31.9 Å². The maximum Gasteiger partial charge on any atom is 0.157 e. The molecule has 0 aliphatic carbocycles. The molecule has 2 atom stereocenters. The van der Waals surface area contributed by atoms with Crippen molar-refractivity contribution in [2.24, 2.45) is 5.41 Å². The molecule has 0 saturated heterocycles.